The minimum atomic E-state index is -0.483. The zero-order chi connectivity index (χ0) is 23.4. The Hall–Kier alpha value is -3.86. The number of hydrogen-bond acceptors (Lipinski definition) is 7. The number of aromatic nitrogens is 3. The SMILES string of the molecule is Cc1c(C(=O)NCCN2CCN(c3ccc(F)cc3)CC2)nnn1-c1cccc([N+](=O)[O-])c1. The molecule has 1 aliphatic rings. The van der Waals surface area contributed by atoms with Crippen LogP contribution in [0.1, 0.15) is 16.2 Å². The first-order chi connectivity index (χ1) is 15.9. The van der Waals surface area contributed by atoms with Gasteiger partial charge in [0.25, 0.3) is 11.6 Å². The average Bonchev–Trinajstić information content (AvgIpc) is 3.21. The van der Waals surface area contributed by atoms with Gasteiger partial charge in [0, 0.05) is 57.1 Å². The zero-order valence-electron chi connectivity index (χ0n) is 18.1. The molecule has 0 bridgehead atoms. The molecule has 1 N–H and O–H groups in total. The van der Waals surface area contributed by atoms with Crippen molar-refractivity contribution in [3.05, 3.63) is 75.9 Å². The number of hydrogen-bond donors (Lipinski definition) is 1. The Kier molecular flexibility index (Phi) is 6.59. The van der Waals surface area contributed by atoms with Crippen molar-refractivity contribution in [2.45, 2.75) is 6.92 Å². The molecule has 0 atom stereocenters. The fourth-order valence-corrected chi connectivity index (χ4v) is 3.82. The number of halogens is 1. The number of anilines is 1. The van der Waals surface area contributed by atoms with Crippen molar-refractivity contribution < 1.29 is 14.1 Å². The summed E-state index contributed by atoms with van der Waals surface area (Å²) >= 11 is 0. The van der Waals surface area contributed by atoms with Gasteiger partial charge in [-0.05, 0) is 37.3 Å². The second-order valence-corrected chi connectivity index (χ2v) is 7.77. The number of amides is 1. The Morgan fingerprint density at radius 2 is 1.85 bits per heavy atom. The van der Waals surface area contributed by atoms with Crippen LogP contribution in [0, 0.1) is 22.9 Å². The van der Waals surface area contributed by atoms with Gasteiger partial charge in [-0.2, -0.15) is 0 Å². The standard InChI is InChI=1S/C22H24FN7O3/c1-16-21(25-26-29(16)19-3-2-4-20(15-19)30(32)33)22(31)24-9-10-27-11-13-28(14-12-27)18-7-5-17(23)6-8-18/h2-8,15H,9-14H2,1H3,(H,24,31). The minimum Gasteiger partial charge on any atom is -0.369 e. The van der Waals surface area contributed by atoms with Gasteiger partial charge in [0.1, 0.15) is 5.82 Å². The van der Waals surface area contributed by atoms with E-state index in [4.69, 9.17) is 0 Å². The summed E-state index contributed by atoms with van der Waals surface area (Å²) in [6.45, 7) is 6.19. The molecule has 1 aromatic heterocycles. The number of nitrogens with one attached hydrogen (secondary N) is 1. The Balaban J connectivity index is 1.28. The van der Waals surface area contributed by atoms with Crippen molar-refractivity contribution >= 4 is 17.3 Å². The van der Waals surface area contributed by atoms with E-state index in [0.717, 1.165) is 31.9 Å². The number of non-ortho nitro benzene ring substituents is 1. The van der Waals surface area contributed by atoms with Crippen LogP contribution in [-0.4, -0.2) is 70.0 Å². The van der Waals surface area contributed by atoms with E-state index < -0.39 is 4.92 Å². The van der Waals surface area contributed by atoms with E-state index in [-0.39, 0.29) is 23.1 Å². The quantitative estimate of drug-likeness (QED) is 0.431. The number of benzene rings is 2. The van der Waals surface area contributed by atoms with Gasteiger partial charge in [0.05, 0.1) is 16.3 Å². The first kappa shape index (κ1) is 22.3. The van der Waals surface area contributed by atoms with Crippen molar-refractivity contribution in [2.75, 3.05) is 44.2 Å². The third kappa shape index (κ3) is 5.14. The average molecular weight is 453 g/mol. The lowest BCUT2D eigenvalue weighted by Crippen LogP contribution is -2.48. The molecule has 2 aromatic carbocycles. The Bertz CT molecular complexity index is 1140. The predicted molar refractivity (Wildman–Crippen MR) is 120 cm³/mol. The van der Waals surface area contributed by atoms with E-state index in [1.54, 1.807) is 31.2 Å². The van der Waals surface area contributed by atoms with Gasteiger partial charge in [0.2, 0.25) is 0 Å². The van der Waals surface area contributed by atoms with Crippen LogP contribution in [0.2, 0.25) is 0 Å². The van der Waals surface area contributed by atoms with E-state index >= 15 is 0 Å². The first-order valence-corrected chi connectivity index (χ1v) is 10.6. The number of rotatable bonds is 7. The topological polar surface area (TPSA) is 109 Å². The van der Waals surface area contributed by atoms with Gasteiger partial charge < -0.3 is 10.2 Å². The van der Waals surface area contributed by atoms with Crippen LogP contribution >= 0.6 is 0 Å². The number of nitro benzene ring substituents is 1. The van der Waals surface area contributed by atoms with Crippen LogP contribution in [0.3, 0.4) is 0 Å². The molecule has 2 heterocycles. The van der Waals surface area contributed by atoms with Gasteiger partial charge >= 0.3 is 0 Å². The Morgan fingerprint density at radius 1 is 1.12 bits per heavy atom. The molecule has 172 valence electrons. The van der Waals surface area contributed by atoms with Crippen LogP contribution in [0.15, 0.2) is 48.5 Å². The van der Waals surface area contributed by atoms with Crippen molar-refractivity contribution in [3.8, 4) is 5.69 Å². The summed E-state index contributed by atoms with van der Waals surface area (Å²) < 4.78 is 14.5. The molecule has 3 aromatic rings. The maximum Gasteiger partial charge on any atom is 0.273 e. The van der Waals surface area contributed by atoms with Gasteiger partial charge in [-0.1, -0.05) is 11.3 Å². The molecule has 0 radical (unpaired) electrons. The van der Waals surface area contributed by atoms with Gasteiger partial charge in [-0.3, -0.25) is 19.8 Å². The minimum absolute atomic E-state index is 0.0621. The molecule has 1 saturated heterocycles. The molecule has 4 rings (SSSR count). The van der Waals surface area contributed by atoms with E-state index in [0.29, 0.717) is 24.5 Å². The number of carbonyl (C=O) groups excluding carboxylic acids is 1. The summed E-state index contributed by atoms with van der Waals surface area (Å²) in [6, 6.07) is 12.5. The maximum atomic E-state index is 13.1. The smallest absolute Gasteiger partial charge is 0.273 e. The van der Waals surface area contributed by atoms with Crippen LogP contribution in [-0.2, 0) is 0 Å². The third-order valence-electron chi connectivity index (χ3n) is 5.67. The highest BCUT2D eigenvalue weighted by atomic mass is 19.1. The molecule has 1 aliphatic heterocycles. The number of nitrogens with zero attached hydrogens (tertiary/aromatic N) is 6. The molecule has 0 unspecified atom stereocenters. The summed E-state index contributed by atoms with van der Waals surface area (Å²) in [7, 11) is 0. The van der Waals surface area contributed by atoms with E-state index in [1.165, 1.54) is 28.9 Å². The van der Waals surface area contributed by atoms with Crippen molar-refractivity contribution in [3.63, 3.8) is 0 Å². The lowest BCUT2D eigenvalue weighted by Gasteiger charge is -2.36. The molecular formula is C22H24FN7O3. The van der Waals surface area contributed by atoms with Crippen LogP contribution in [0.25, 0.3) is 5.69 Å². The van der Waals surface area contributed by atoms with E-state index in [2.05, 4.69) is 25.4 Å². The normalized spacial score (nSPS) is 14.3. The summed E-state index contributed by atoms with van der Waals surface area (Å²) in [6.07, 6.45) is 0. The van der Waals surface area contributed by atoms with Gasteiger partial charge in [-0.15, -0.1) is 5.10 Å². The molecule has 1 fully saturated rings. The highest BCUT2D eigenvalue weighted by molar-refractivity contribution is 5.93. The first-order valence-electron chi connectivity index (χ1n) is 10.6. The second-order valence-electron chi connectivity index (χ2n) is 7.77. The van der Waals surface area contributed by atoms with Gasteiger partial charge in [0.15, 0.2) is 5.69 Å². The highest BCUT2D eigenvalue weighted by Crippen LogP contribution is 2.19. The zero-order valence-corrected chi connectivity index (χ0v) is 18.1. The third-order valence-corrected chi connectivity index (χ3v) is 5.67. The Morgan fingerprint density at radius 3 is 2.55 bits per heavy atom. The highest BCUT2D eigenvalue weighted by Gasteiger charge is 2.20. The molecule has 0 saturated carbocycles. The van der Waals surface area contributed by atoms with Crippen LogP contribution < -0.4 is 10.2 Å². The molecule has 0 aliphatic carbocycles. The molecule has 10 nitrogen and oxygen atoms in total. The lowest BCUT2D eigenvalue weighted by atomic mass is 10.2. The summed E-state index contributed by atoms with van der Waals surface area (Å²) in [5, 5.41) is 21.8. The molecule has 1 amide bonds. The fraction of sp³-hybridized carbons (Fsp3) is 0.318. The number of carbonyl (C=O) groups is 1. The number of nitro groups is 1. The van der Waals surface area contributed by atoms with Gasteiger partial charge in [-0.25, -0.2) is 9.07 Å². The van der Waals surface area contributed by atoms with Crippen LogP contribution in [0.4, 0.5) is 15.8 Å². The van der Waals surface area contributed by atoms with Crippen LogP contribution in [0.5, 0.6) is 0 Å². The number of piperazine rings is 1. The van der Waals surface area contributed by atoms with Crippen molar-refractivity contribution in [1.29, 1.82) is 0 Å². The van der Waals surface area contributed by atoms with Crippen molar-refractivity contribution in [2.24, 2.45) is 0 Å². The predicted octanol–water partition coefficient (Wildman–Crippen LogP) is 2.18. The fourth-order valence-electron chi connectivity index (χ4n) is 3.82. The molecule has 0 spiro atoms. The molecule has 33 heavy (non-hydrogen) atoms. The molecule has 11 heteroatoms. The summed E-state index contributed by atoms with van der Waals surface area (Å²) in [5.74, 6) is -0.581. The monoisotopic (exact) mass is 453 g/mol. The van der Waals surface area contributed by atoms with E-state index in [9.17, 15) is 19.3 Å². The Labute approximate surface area is 189 Å². The van der Waals surface area contributed by atoms with Crippen molar-refractivity contribution in [1.82, 2.24) is 25.2 Å². The maximum absolute atomic E-state index is 13.1. The van der Waals surface area contributed by atoms with E-state index in [1.807, 2.05) is 0 Å². The largest absolute Gasteiger partial charge is 0.369 e. The summed E-state index contributed by atoms with van der Waals surface area (Å²) in [4.78, 5) is 27.6. The second kappa shape index (κ2) is 9.74. The summed E-state index contributed by atoms with van der Waals surface area (Å²) in [5.41, 5.74) is 2.09. The lowest BCUT2D eigenvalue weighted by molar-refractivity contribution is -0.384. The molecular weight excluding hydrogens is 429 g/mol.